The second kappa shape index (κ2) is 3.64. The summed E-state index contributed by atoms with van der Waals surface area (Å²) in [6, 6.07) is 0.110. The summed E-state index contributed by atoms with van der Waals surface area (Å²) in [6.45, 7) is 6.57. The Balaban J connectivity index is 1.97. The van der Waals surface area contributed by atoms with E-state index in [1.54, 1.807) is 4.90 Å². The number of amides is 2. The summed E-state index contributed by atoms with van der Waals surface area (Å²) in [5, 5.41) is 2.88. The van der Waals surface area contributed by atoms with Gasteiger partial charge >= 0.3 is 6.09 Å². The van der Waals surface area contributed by atoms with E-state index in [0.29, 0.717) is 13.1 Å². The molecule has 0 aliphatic carbocycles. The summed E-state index contributed by atoms with van der Waals surface area (Å²) in [7, 11) is 0. The molecule has 2 rings (SSSR count). The van der Waals surface area contributed by atoms with Gasteiger partial charge in [-0.2, -0.15) is 0 Å². The molecule has 1 N–H and O–H groups in total. The van der Waals surface area contributed by atoms with Gasteiger partial charge in [-0.25, -0.2) is 4.79 Å². The number of fused-ring (bicyclic) bond motifs is 2. The molecule has 90 valence electrons. The molecular formula is C11H18N2O3. The zero-order chi connectivity index (χ0) is 11.9. The molecule has 0 aromatic carbocycles. The van der Waals surface area contributed by atoms with Crippen LogP contribution in [-0.4, -0.2) is 41.6 Å². The normalized spacial score (nSPS) is 28.9. The highest BCUT2D eigenvalue weighted by atomic mass is 16.6. The van der Waals surface area contributed by atoms with Crippen LogP contribution in [0.1, 0.15) is 27.2 Å². The maximum atomic E-state index is 11.8. The van der Waals surface area contributed by atoms with Crippen LogP contribution in [0.25, 0.3) is 0 Å². The molecule has 2 heterocycles. The van der Waals surface area contributed by atoms with Crippen molar-refractivity contribution in [1.29, 1.82) is 0 Å². The average Bonchev–Trinajstić information content (AvgIpc) is 2.37. The summed E-state index contributed by atoms with van der Waals surface area (Å²) in [6.07, 6.45) is 0.525. The van der Waals surface area contributed by atoms with E-state index in [1.165, 1.54) is 0 Å². The van der Waals surface area contributed by atoms with Crippen molar-refractivity contribution in [3.05, 3.63) is 0 Å². The molecule has 2 aliphatic heterocycles. The Morgan fingerprint density at radius 1 is 1.44 bits per heavy atom. The predicted molar refractivity (Wildman–Crippen MR) is 57.8 cm³/mol. The number of carbonyl (C=O) groups excluding carboxylic acids is 2. The number of rotatable bonds is 0. The van der Waals surface area contributed by atoms with Gasteiger partial charge in [0.25, 0.3) is 0 Å². The summed E-state index contributed by atoms with van der Waals surface area (Å²) >= 11 is 0. The second-order valence-electron chi connectivity index (χ2n) is 5.52. The number of hydrogen-bond acceptors (Lipinski definition) is 3. The molecule has 2 amide bonds. The third-order valence-electron chi connectivity index (χ3n) is 2.82. The Kier molecular flexibility index (Phi) is 2.56. The number of carbonyl (C=O) groups is 2. The molecule has 0 saturated carbocycles. The molecule has 5 nitrogen and oxygen atoms in total. The molecule has 2 atom stereocenters. The Labute approximate surface area is 95.1 Å². The van der Waals surface area contributed by atoms with E-state index < -0.39 is 5.60 Å². The lowest BCUT2D eigenvalue weighted by Gasteiger charge is -2.32. The molecule has 5 heteroatoms. The van der Waals surface area contributed by atoms with E-state index in [4.69, 9.17) is 4.74 Å². The van der Waals surface area contributed by atoms with E-state index in [1.807, 2.05) is 20.8 Å². The van der Waals surface area contributed by atoms with Gasteiger partial charge in [0.2, 0.25) is 5.91 Å². The minimum Gasteiger partial charge on any atom is -0.444 e. The van der Waals surface area contributed by atoms with Gasteiger partial charge in [0.15, 0.2) is 0 Å². The van der Waals surface area contributed by atoms with Crippen LogP contribution in [0.2, 0.25) is 0 Å². The zero-order valence-corrected chi connectivity index (χ0v) is 9.95. The highest BCUT2D eigenvalue weighted by Gasteiger charge is 2.41. The summed E-state index contributed by atoms with van der Waals surface area (Å²) in [4.78, 5) is 24.9. The van der Waals surface area contributed by atoms with Crippen LogP contribution < -0.4 is 5.32 Å². The molecule has 0 aromatic rings. The predicted octanol–water partition coefficient (Wildman–Crippen LogP) is 0.742. The lowest BCUT2D eigenvalue weighted by molar-refractivity contribution is -0.122. The number of nitrogens with one attached hydrogen (secondary N) is 1. The van der Waals surface area contributed by atoms with E-state index in [9.17, 15) is 9.59 Å². The Bertz CT molecular complexity index is 322. The minimum absolute atomic E-state index is 0.0498. The van der Waals surface area contributed by atoms with E-state index in [-0.39, 0.29) is 24.0 Å². The van der Waals surface area contributed by atoms with Crippen LogP contribution in [0.4, 0.5) is 4.79 Å². The Morgan fingerprint density at radius 3 is 2.69 bits per heavy atom. The standard InChI is InChI=1S/C11H18N2O3/c1-11(2,3)16-10(15)13-5-7-4-8(6-13)12-9(7)14/h7-8H,4-6H2,1-3H3,(H,12,14)/t7-,8+/m1/s1. The molecule has 2 saturated heterocycles. The number of hydrogen-bond donors (Lipinski definition) is 1. The van der Waals surface area contributed by atoms with Gasteiger partial charge in [0.1, 0.15) is 5.60 Å². The summed E-state index contributed by atoms with van der Waals surface area (Å²) in [5.41, 5.74) is -0.481. The maximum absolute atomic E-state index is 11.8. The molecule has 2 bridgehead atoms. The van der Waals surface area contributed by atoms with Gasteiger partial charge in [0.05, 0.1) is 5.92 Å². The fourth-order valence-electron chi connectivity index (χ4n) is 2.19. The summed E-state index contributed by atoms with van der Waals surface area (Å²) in [5.74, 6) is 0.0160. The first kappa shape index (κ1) is 11.2. The van der Waals surface area contributed by atoms with Crippen LogP contribution in [0.5, 0.6) is 0 Å². The topological polar surface area (TPSA) is 58.6 Å². The zero-order valence-electron chi connectivity index (χ0n) is 9.95. The summed E-state index contributed by atoms with van der Waals surface area (Å²) < 4.78 is 5.28. The fraction of sp³-hybridized carbons (Fsp3) is 0.818. The third kappa shape index (κ3) is 2.28. The van der Waals surface area contributed by atoms with Gasteiger partial charge < -0.3 is 15.0 Å². The Hall–Kier alpha value is -1.26. The van der Waals surface area contributed by atoms with Gasteiger partial charge in [-0.1, -0.05) is 0 Å². The molecule has 0 spiro atoms. The van der Waals surface area contributed by atoms with Crippen molar-refractivity contribution in [2.45, 2.75) is 38.8 Å². The monoisotopic (exact) mass is 226 g/mol. The van der Waals surface area contributed by atoms with E-state index in [2.05, 4.69) is 5.32 Å². The molecule has 2 aliphatic rings. The fourth-order valence-corrected chi connectivity index (χ4v) is 2.19. The lowest BCUT2D eigenvalue weighted by Crippen LogP contribution is -2.46. The molecule has 0 unspecified atom stereocenters. The van der Waals surface area contributed by atoms with Gasteiger partial charge in [-0.15, -0.1) is 0 Å². The van der Waals surface area contributed by atoms with Crippen molar-refractivity contribution in [2.24, 2.45) is 5.92 Å². The van der Waals surface area contributed by atoms with Crippen LogP contribution >= 0.6 is 0 Å². The smallest absolute Gasteiger partial charge is 0.410 e. The number of nitrogens with zero attached hydrogens (tertiary/aromatic N) is 1. The number of ether oxygens (including phenoxy) is 1. The number of piperidine rings is 1. The molecule has 16 heavy (non-hydrogen) atoms. The van der Waals surface area contributed by atoms with Crippen molar-refractivity contribution in [1.82, 2.24) is 10.2 Å². The van der Waals surface area contributed by atoms with E-state index in [0.717, 1.165) is 6.42 Å². The van der Waals surface area contributed by atoms with Crippen LogP contribution in [0, 0.1) is 5.92 Å². The molecule has 0 aromatic heterocycles. The lowest BCUT2D eigenvalue weighted by atomic mass is 10.00. The first-order valence-electron chi connectivity index (χ1n) is 5.63. The van der Waals surface area contributed by atoms with Crippen molar-refractivity contribution in [3.8, 4) is 0 Å². The van der Waals surface area contributed by atoms with Crippen LogP contribution in [-0.2, 0) is 9.53 Å². The molecule has 2 fully saturated rings. The maximum Gasteiger partial charge on any atom is 0.410 e. The SMILES string of the molecule is CC(C)(C)OC(=O)N1C[C@@H]2C[C@H](C1)C(=O)N2. The van der Waals surface area contributed by atoms with Crippen LogP contribution in [0.15, 0.2) is 0 Å². The Morgan fingerprint density at radius 2 is 2.12 bits per heavy atom. The molecule has 0 radical (unpaired) electrons. The first-order chi connectivity index (χ1) is 7.35. The van der Waals surface area contributed by atoms with Gasteiger partial charge in [-0.3, -0.25) is 4.79 Å². The largest absolute Gasteiger partial charge is 0.444 e. The van der Waals surface area contributed by atoms with Gasteiger partial charge in [0, 0.05) is 19.1 Å². The number of likely N-dealkylation sites (tertiary alicyclic amines) is 1. The minimum atomic E-state index is -0.481. The highest BCUT2D eigenvalue weighted by Crippen LogP contribution is 2.24. The van der Waals surface area contributed by atoms with E-state index >= 15 is 0 Å². The van der Waals surface area contributed by atoms with Crippen molar-refractivity contribution >= 4 is 12.0 Å². The van der Waals surface area contributed by atoms with Gasteiger partial charge in [-0.05, 0) is 27.2 Å². The quantitative estimate of drug-likeness (QED) is 0.663. The highest BCUT2D eigenvalue weighted by molar-refractivity contribution is 5.83. The third-order valence-corrected chi connectivity index (χ3v) is 2.82. The van der Waals surface area contributed by atoms with Crippen molar-refractivity contribution in [3.63, 3.8) is 0 Å². The average molecular weight is 226 g/mol. The molecular weight excluding hydrogens is 208 g/mol. The van der Waals surface area contributed by atoms with Crippen molar-refractivity contribution < 1.29 is 14.3 Å². The first-order valence-corrected chi connectivity index (χ1v) is 5.63. The van der Waals surface area contributed by atoms with Crippen LogP contribution in [0.3, 0.4) is 0 Å². The second-order valence-corrected chi connectivity index (χ2v) is 5.52. The van der Waals surface area contributed by atoms with Crippen molar-refractivity contribution in [2.75, 3.05) is 13.1 Å².